The molecule has 0 saturated heterocycles. The Bertz CT molecular complexity index is 681. The zero-order chi connectivity index (χ0) is 16.7. The molecule has 126 valence electrons. The van der Waals surface area contributed by atoms with Crippen LogP contribution < -0.4 is 10.0 Å². The maximum Gasteiger partial charge on any atom is 0.241 e. The van der Waals surface area contributed by atoms with Gasteiger partial charge in [-0.25, -0.2) is 13.1 Å². The van der Waals surface area contributed by atoms with Gasteiger partial charge in [0.2, 0.25) is 15.9 Å². The number of sulfonamides is 1. The third-order valence-electron chi connectivity index (χ3n) is 3.88. The molecular weight excluding hydrogens is 312 g/mol. The molecule has 0 unspecified atom stereocenters. The number of benzene rings is 1. The van der Waals surface area contributed by atoms with Crippen molar-refractivity contribution >= 4 is 15.9 Å². The Morgan fingerprint density at radius 2 is 2.09 bits per heavy atom. The molecule has 1 aromatic carbocycles. The van der Waals surface area contributed by atoms with Gasteiger partial charge in [-0.3, -0.25) is 4.79 Å². The van der Waals surface area contributed by atoms with E-state index in [1.807, 2.05) is 13.0 Å². The molecule has 6 heteroatoms. The lowest BCUT2D eigenvalue weighted by molar-refractivity contribution is -0.119. The SMILES string of the molecule is Cc1cccc(S(=O)(=O)NCC(=O)NCCC2=CCCCC2)c1. The predicted octanol–water partition coefficient (Wildman–Crippen LogP) is 2.28. The number of hydrogen-bond acceptors (Lipinski definition) is 3. The van der Waals surface area contributed by atoms with E-state index >= 15 is 0 Å². The molecule has 2 rings (SSSR count). The normalized spacial score (nSPS) is 15.1. The molecule has 0 fully saturated rings. The molecule has 0 spiro atoms. The standard InChI is InChI=1S/C17H24N2O3S/c1-14-6-5-9-16(12-14)23(21,22)19-13-17(20)18-11-10-15-7-3-2-4-8-15/h5-7,9,12,19H,2-4,8,10-11,13H2,1H3,(H,18,20). The van der Waals surface area contributed by atoms with Crippen LogP contribution in [-0.4, -0.2) is 27.4 Å². The number of nitrogens with one attached hydrogen (secondary N) is 2. The van der Waals surface area contributed by atoms with Crippen LogP contribution in [0.1, 0.15) is 37.7 Å². The van der Waals surface area contributed by atoms with E-state index in [9.17, 15) is 13.2 Å². The van der Waals surface area contributed by atoms with Crippen molar-refractivity contribution in [3.63, 3.8) is 0 Å². The number of hydrogen-bond donors (Lipinski definition) is 2. The highest BCUT2D eigenvalue weighted by Crippen LogP contribution is 2.19. The van der Waals surface area contributed by atoms with Crippen LogP contribution in [0.25, 0.3) is 0 Å². The van der Waals surface area contributed by atoms with Crippen LogP contribution in [0.15, 0.2) is 40.8 Å². The lowest BCUT2D eigenvalue weighted by Crippen LogP contribution is -2.37. The molecule has 0 bridgehead atoms. The zero-order valence-corrected chi connectivity index (χ0v) is 14.3. The summed E-state index contributed by atoms with van der Waals surface area (Å²) in [5.41, 5.74) is 2.25. The van der Waals surface area contributed by atoms with Crippen LogP contribution >= 0.6 is 0 Å². The third-order valence-corrected chi connectivity index (χ3v) is 5.27. The molecule has 1 amide bonds. The van der Waals surface area contributed by atoms with E-state index in [0.717, 1.165) is 24.8 Å². The van der Waals surface area contributed by atoms with Gasteiger partial charge in [-0.15, -0.1) is 0 Å². The van der Waals surface area contributed by atoms with Gasteiger partial charge in [0.25, 0.3) is 0 Å². The first kappa shape index (κ1) is 17.7. The van der Waals surface area contributed by atoms with Crippen molar-refractivity contribution in [1.29, 1.82) is 0 Å². The van der Waals surface area contributed by atoms with Gasteiger partial charge < -0.3 is 5.32 Å². The molecule has 1 aromatic rings. The van der Waals surface area contributed by atoms with Gasteiger partial charge in [-0.05, 0) is 56.7 Å². The summed E-state index contributed by atoms with van der Waals surface area (Å²) in [4.78, 5) is 12.0. The number of aryl methyl sites for hydroxylation is 1. The summed E-state index contributed by atoms with van der Waals surface area (Å²) in [6.07, 6.45) is 7.79. The summed E-state index contributed by atoms with van der Waals surface area (Å²) in [5.74, 6) is -0.308. The molecule has 0 heterocycles. The predicted molar refractivity (Wildman–Crippen MR) is 90.5 cm³/mol. The average molecular weight is 336 g/mol. The van der Waals surface area contributed by atoms with Crippen LogP contribution in [0.5, 0.6) is 0 Å². The highest BCUT2D eigenvalue weighted by Gasteiger charge is 2.15. The van der Waals surface area contributed by atoms with Gasteiger partial charge in [0.05, 0.1) is 11.4 Å². The van der Waals surface area contributed by atoms with E-state index in [1.165, 1.54) is 24.5 Å². The molecule has 0 aromatic heterocycles. The molecular formula is C17H24N2O3S. The van der Waals surface area contributed by atoms with Gasteiger partial charge in [-0.2, -0.15) is 0 Å². The lowest BCUT2D eigenvalue weighted by atomic mass is 9.97. The Labute approximate surface area is 138 Å². The van der Waals surface area contributed by atoms with Crippen LogP contribution in [0, 0.1) is 6.92 Å². The Kier molecular flexibility index (Phi) is 6.36. The van der Waals surface area contributed by atoms with Crippen molar-refractivity contribution in [1.82, 2.24) is 10.0 Å². The lowest BCUT2D eigenvalue weighted by Gasteiger charge is -2.13. The summed E-state index contributed by atoms with van der Waals surface area (Å²) >= 11 is 0. The summed E-state index contributed by atoms with van der Waals surface area (Å²) in [6.45, 7) is 2.14. The minimum absolute atomic E-state index is 0.178. The number of carbonyl (C=O) groups excluding carboxylic acids is 1. The van der Waals surface area contributed by atoms with Crippen LogP contribution in [0.2, 0.25) is 0 Å². The Morgan fingerprint density at radius 1 is 1.26 bits per heavy atom. The third kappa shape index (κ3) is 5.80. The summed E-state index contributed by atoms with van der Waals surface area (Å²) in [5, 5.41) is 2.76. The number of amides is 1. The van der Waals surface area contributed by atoms with E-state index in [1.54, 1.807) is 12.1 Å². The second-order valence-corrected chi connectivity index (χ2v) is 7.62. The molecule has 1 aliphatic rings. The molecule has 2 N–H and O–H groups in total. The number of carbonyl (C=O) groups is 1. The van der Waals surface area contributed by atoms with Crippen LogP contribution in [-0.2, 0) is 14.8 Å². The molecule has 1 aliphatic carbocycles. The minimum Gasteiger partial charge on any atom is -0.355 e. The second-order valence-electron chi connectivity index (χ2n) is 5.85. The Morgan fingerprint density at radius 3 is 2.78 bits per heavy atom. The number of rotatable bonds is 7. The smallest absolute Gasteiger partial charge is 0.241 e. The van der Waals surface area contributed by atoms with Crippen molar-refractivity contribution in [3.05, 3.63) is 41.5 Å². The monoisotopic (exact) mass is 336 g/mol. The van der Waals surface area contributed by atoms with Gasteiger partial charge in [-0.1, -0.05) is 23.8 Å². The van der Waals surface area contributed by atoms with E-state index < -0.39 is 10.0 Å². The first-order chi connectivity index (χ1) is 11.0. The largest absolute Gasteiger partial charge is 0.355 e. The first-order valence-corrected chi connectivity index (χ1v) is 9.46. The molecule has 0 saturated carbocycles. The Hall–Kier alpha value is -1.66. The minimum atomic E-state index is -3.65. The van der Waals surface area contributed by atoms with E-state index in [-0.39, 0.29) is 17.3 Å². The fourth-order valence-corrected chi connectivity index (χ4v) is 3.67. The fraction of sp³-hybridized carbons (Fsp3) is 0.471. The summed E-state index contributed by atoms with van der Waals surface area (Å²) < 4.78 is 26.6. The van der Waals surface area contributed by atoms with Crippen molar-refractivity contribution in [3.8, 4) is 0 Å². The molecule has 0 atom stereocenters. The van der Waals surface area contributed by atoms with Gasteiger partial charge in [0, 0.05) is 6.54 Å². The maximum atomic E-state index is 12.1. The van der Waals surface area contributed by atoms with Crippen molar-refractivity contribution < 1.29 is 13.2 Å². The molecule has 5 nitrogen and oxygen atoms in total. The van der Waals surface area contributed by atoms with Gasteiger partial charge in [0.1, 0.15) is 0 Å². The van der Waals surface area contributed by atoms with Crippen LogP contribution in [0.3, 0.4) is 0 Å². The summed E-state index contributed by atoms with van der Waals surface area (Å²) in [7, 11) is -3.65. The highest BCUT2D eigenvalue weighted by molar-refractivity contribution is 7.89. The topological polar surface area (TPSA) is 75.3 Å². The van der Waals surface area contributed by atoms with Crippen LogP contribution in [0.4, 0.5) is 0 Å². The molecule has 0 radical (unpaired) electrons. The zero-order valence-electron chi connectivity index (χ0n) is 13.5. The van der Waals surface area contributed by atoms with E-state index in [2.05, 4.69) is 16.1 Å². The molecule has 23 heavy (non-hydrogen) atoms. The van der Waals surface area contributed by atoms with Crippen molar-refractivity contribution in [2.75, 3.05) is 13.1 Å². The quantitative estimate of drug-likeness (QED) is 0.750. The number of allylic oxidation sites excluding steroid dienone is 1. The van der Waals surface area contributed by atoms with E-state index in [4.69, 9.17) is 0 Å². The van der Waals surface area contributed by atoms with Crippen molar-refractivity contribution in [2.24, 2.45) is 0 Å². The average Bonchev–Trinajstić information content (AvgIpc) is 2.54. The fourth-order valence-electron chi connectivity index (χ4n) is 2.58. The van der Waals surface area contributed by atoms with Gasteiger partial charge >= 0.3 is 0 Å². The first-order valence-electron chi connectivity index (χ1n) is 7.98. The van der Waals surface area contributed by atoms with E-state index in [0.29, 0.717) is 6.54 Å². The van der Waals surface area contributed by atoms with Crippen molar-refractivity contribution in [2.45, 2.75) is 43.9 Å². The summed E-state index contributed by atoms with van der Waals surface area (Å²) in [6, 6.07) is 6.60. The maximum absolute atomic E-state index is 12.1. The second kappa shape index (κ2) is 8.26. The Balaban J connectivity index is 1.76. The molecule has 0 aliphatic heterocycles. The highest BCUT2D eigenvalue weighted by atomic mass is 32.2. The van der Waals surface area contributed by atoms with Gasteiger partial charge in [0.15, 0.2) is 0 Å².